The number of nitrogens with one attached hydrogen (secondary N) is 1. The van der Waals surface area contributed by atoms with Gasteiger partial charge in [0.25, 0.3) is 5.24 Å². The molecule has 0 saturated carbocycles. The van der Waals surface area contributed by atoms with E-state index in [0.717, 1.165) is 58.8 Å². The normalized spacial score (nSPS) is 14.9. The lowest BCUT2D eigenvalue weighted by Crippen LogP contribution is -2.25. The van der Waals surface area contributed by atoms with Crippen LogP contribution in [-0.2, 0) is 24.9 Å². The first kappa shape index (κ1) is 27.6. The first-order valence-electron chi connectivity index (χ1n) is 13.6. The highest BCUT2D eigenvalue weighted by atomic mass is 32.2. The Morgan fingerprint density at radius 1 is 0.975 bits per heavy atom. The van der Waals surface area contributed by atoms with Crippen LogP contribution in [0.25, 0.3) is 11.0 Å². The van der Waals surface area contributed by atoms with Crippen LogP contribution in [-0.4, -0.2) is 39.0 Å². The van der Waals surface area contributed by atoms with Crippen LogP contribution in [0.5, 0.6) is 17.2 Å². The van der Waals surface area contributed by atoms with E-state index in [0.29, 0.717) is 18.8 Å². The highest BCUT2D eigenvalue weighted by Gasteiger charge is 2.31. The Kier molecular flexibility index (Phi) is 8.60. The maximum absolute atomic E-state index is 11.8. The summed E-state index contributed by atoms with van der Waals surface area (Å²) in [6.07, 6.45) is 2.86. The van der Waals surface area contributed by atoms with Crippen molar-refractivity contribution in [2.24, 2.45) is 7.05 Å². The summed E-state index contributed by atoms with van der Waals surface area (Å²) >= 11 is 1.04. The van der Waals surface area contributed by atoms with Gasteiger partial charge in [0.05, 0.1) is 16.3 Å². The molecule has 40 heavy (non-hydrogen) atoms. The van der Waals surface area contributed by atoms with Gasteiger partial charge in [-0.3, -0.25) is 14.9 Å². The largest absolute Gasteiger partial charge is 0.486 e. The number of fused-ring (bicyclic) bond motifs is 1. The van der Waals surface area contributed by atoms with Crippen LogP contribution in [0.15, 0.2) is 66.7 Å². The fourth-order valence-corrected chi connectivity index (χ4v) is 5.56. The Labute approximate surface area is 238 Å². The van der Waals surface area contributed by atoms with Gasteiger partial charge >= 0.3 is 0 Å². The average molecular weight is 559 g/mol. The van der Waals surface area contributed by atoms with Crippen molar-refractivity contribution in [2.45, 2.75) is 45.0 Å². The molecule has 1 saturated heterocycles. The van der Waals surface area contributed by atoms with Crippen molar-refractivity contribution < 1.29 is 19.1 Å². The molecule has 1 aliphatic rings. The lowest BCUT2D eigenvalue weighted by molar-refractivity contribution is -0.118. The molecule has 4 aromatic rings. The molecule has 5 rings (SSSR count). The number of amides is 2. The second-order valence-corrected chi connectivity index (χ2v) is 11.0. The summed E-state index contributed by atoms with van der Waals surface area (Å²) in [6, 6.07) is 21.7. The Bertz CT molecular complexity index is 1480. The number of imidazole rings is 1. The minimum Gasteiger partial charge on any atom is -0.486 e. The van der Waals surface area contributed by atoms with Crippen molar-refractivity contribution in [3.63, 3.8) is 0 Å². The maximum atomic E-state index is 11.8. The number of carbonyl (C=O) groups is 2. The second-order valence-electron chi connectivity index (χ2n) is 9.79. The van der Waals surface area contributed by atoms with Crippen molar-refractivity contribution >= 4 is 39.6 Å². The van der Waals surface area contributed by atoms with Crippen LogP contribution in [0.3, 0.4) is 0 Å². The number of aryl methyl sites for hydroxylation is 1. The second kappa shape index (κ2) is 12.5. The van der Waals surface area contributed by atoms with Crippen molar-refractivity contribution in [1.82, 2.24) is 14.9 Å². The topological polar surface area (TPSA) is 85.7 Å². The van der Waals surface area contributed by atoms with Gasteiger partial charge < -0.3 is 18.9 Å². The van der Waals surface area contributed by atoms with Crippen molar-refractivity contribution in [2.75, 3.05) is 18.0 Å². The molecule has 1 atom stereocenters. The van der Waals surface area contributed by atoms with Crippen LogP contribution >= 0.6 is 11.8 Å². The van der Waals surface area contributed by atoms with Gasteiger partial charge in [-0.05, 0) is 73.9 Å². The van der Waals surface area contributed by atoms with Gasteiger partial charge in [-0.15, -0.1) is 0 Å². The summed E-state index contributed by atoms with van der Waals surface area (Å²) in [4.78, 5) is 30.3. The summed E-state index contributed by atoms with van der Waals surface area (Å²) < 4.78 is 14.2. The van der Waals surface area contributed by atoms with E-state index in [1.807, 2.05) is 66.2 Å². The first-order valence-corrected chi connectivity index (χ1v) is 14.5. The van der Waals surface area contributed by atoms with E-state index in [2.05, 4.69) is 36.2 Å². The fraction of sp³-hybridized carbons (Fsp3) is 0.323. The lowest BCUT2D eigenvalue weighted by Gasteiger charge is -2.23. The van der Waals surface area contributed by atoms with Gasteiger partial charge in [-0.25, -0.2) is 4.98 Å². The number of hydrogen-bond acceptors (Lipinski definition) is 7. The SMILES string of the molecule is CCCCN(CC)c1ccc(Oc2ccc3nc(COc4ccc(CC5SC(=O)NC5=O)cc4)n(C)c3c2)cc1. The molecule has 0 aliphatic carbocycles. The van der Waals surface area contributed by atoms with Gasteiger partial charge in [0.2, 0.25) is 5.91 Å². The number of nitrogens with zero attached hydrogens (tertiary/aromatic N) is 3. The number of unbranched alkanes of at least 4 members (excludes halogenated alkanes) is 1. The Balaban J connectivity index is 1.20. The molecule has 9 heteroatoms. The van der Waals surface area contributed by atoms with Gasteiger partial charge in [0.15, 0.2) is 0 Å². The molecule has 8 nitrogen and oxygen atoms in total. The van der Waals surface area contributed by atoms with Crippen molar-refractivity contribution in [3.8, 4) is 17.2 Å². The molecular formula is C31H34N4O4S. The van der Waals surface area contributed by atoms with E-state index >= 15 is 0 Å². The molecule has 0 spiro atoms. The third-order valence-electron chi connectivity index (χ3n) is 7.03. The summed E-state index contributed by atoms with van der Waals surface area (Å²) in [7, 11) is 1.97. The van der Waals surface area contributed by atoms with E-state index in [-0.39, 0.29) is 16.4 Å². The van der Waals surface area contributed by atoms with E-state index in [1.165, 1.54) is 18.5 Å². The Hall–Kier alpha value is -3.98. The van der Waals surface area contributed by atoms with Crippen molar-refractivity contribution in [1.29, 1.82) is 0 Å². The summed E-state index contributed by atoms with van der Waals surface area (Å²) in [5.41, 5.74) is 4.01. The Morgan fingerprint density at radius 3 is 2.38 bits per heavy atom. The highest BCUT2D eigenvalue weighted by molar-refractivity contribution is 8.15. The van der Waals surface area contributed by atoms with Crippen LogP contribution in [0, 0.1) is 0 Å². The van der Waals surface area contributed by atoms with E-state index in [1.54, 1.807) is 0 Å². The molecule has 3 aromatic carbocycles. The van der Waals surface area contributed by atoms with Crippen molar-refractivity contribution in [3.05, 3.63) is 78.1 Å². The molecule has 2 heterocycles. The summed E-state index contributed by atoms with van der Waals surface area (Å²) in [5.74, 6) is 2.82. The smallest absolute Gasteiger partial charge is 0.286 e. The number of thioether (sulfide) groups is 1. The predicted molar refractivity (Wildman–Crippen MR) is 159 cm³/mol. The van der Waals surface area contributed by atoms with Gasteiger partial charge in [-0.2, -0.15) is 0 Å². The zero-order valence-electron chi connectivity index (χ0n) is 23.1. The van der Waals surface area contributed by atoms with Gasteiger partial charge in [0.1, 0.15) is 29.7 Å². The number of imide groups is 1. The van der Waals surface area contributed by atoms with Gasteiger partial charge in [-0.1, -0.05) is 37.2 Å². The zero-order chi connectivity index (χ0) is 28.1. The number of anilines is 1. The fourth-order valence-electron chi connectivity index (χ4n) is 4.70. The molecule has 208 valence electrons. The maximum Gasteiger partial charge on any atom is 0.286 e. The van der Waals surface area contributed by atoms with Gasteiger partial charge in [0, 0.05) is 31.9 Å². The quantitative estimate of drug-likeness (QED) is 0.213. The molecule has 1 unspecified atom stereocenters. The molecule has 0 bridgehead atoms. The van der Waals surface area contributed by atoms with Crippen LogP contribution in [0.4, 0.5) is 10.5 Å². The standard InChI is InChI=1S/C31H34N4O4S/c1-4-6-17-35(5-2)22-9-13-24(14-10-22)39-25-15-16-26-27(19-25)34(3)29(32-26)20-38-23-11-7-21(8-12-23)18-28-30(36)33-31(37)40-28/h7-16,19,28H,4-6,17-18,20H2,1-3H3,(H,33,36,37). The molecule has 2 amide bonds. The molecule has 1 N–H and O–H groups in total. The predicted octanol–water partition coefficient (Wildman–Crippen LogP) is 6.47. The minimum absolute atomic E-state index is 0.232. The highest BCUT2D eigenvalue weighted by Crippen LogP contribution is 2.29. The summed E-state index contributed by atoms with van der Waals surface area (Å²) in [6.45, 7) is 6.75. The Morgan fingerprint density at radius 2 is 1.70 bits per heavy atom. The molecule has 0 radical (unpaired) electrons. The molecular weight excluding hydrogens is 524 g/mol. The molecule has 1 aromatic heterocycles. The average Bonchev–Trinajstić information content (AvgIpc) is 3.45. The lowest BCUT2D eigenvalue weighted by atomic mass is 10.1. The number of rotatable bonds is 12. The summed E-state index contributed by atoms with van der Waals surface area (Å²) in [5, 5.41) is 1.66. The van der Waals surface area contributed by atoms with Crippen LogP contribution < -0.4 is 19.7 Å². The molecule has 1 aliphatic heterocycles. The number of benzene rings is 3. The monoisotopic (exact) mass is 558 g/mol. The van der Waals surface area contributed by atoms with E-state index in [4.69, 9.17) is 14.5 Å². The first-order chi connectivity index (χ1) is 19.4. The van der Waals surface area contributed by atoms with Crippen LogP contribution in [0.1, 0.15) is 38.1 Å². The number of carbonyl (C=O) groups excluding carboxylic acids is 2. The number of hydrogen-bond donors (Lipinski definition) is 1. The number of ether oxygens (including phenoxy) is 2. The van der Waals surface area contributed by atoms with E-state index in [9.17, 15) is 9.59 Å². The third-order valence-corrected chi connectivity index (χ3v) is 8.01. The van der Waals surface area contributed by atoms with Crippen LogP contribution in [0.2, 0.25) is 0 Å². The third kappa shape index (κ3) is 6.42. The minimum atomic E-state index is -0.380. The zero-order valence-corrected chi connectivity index (χ0v) is 23.9. The van der Waals surface area contributed by atoms with E-state index < -0.39 is 0 Å². The number of aromatic nitrogens is 2. The molecule has 1 fully saturated rings.